The largest absolute Gasteiger partial charge is 0.325 e. The van der Waals surface area contributed by atoms with E-state index >= 15 is 0 Å². The smallest absolute Gasteiger partial charge is 0.234 e. The molecule has 0 radical (unpaired) electrons. The van der Waals surface area contributed by atoms with Crippen LogP contribution in [0.5, 0.6) is 0 Å². The van der Waals surface area contributed by atoms with Crippen molar-refractivity contribution in [2.24, 2.45) is 0 Å². The van der Waals surface area contributed by atoms with Gasteiger partial charge in [0, 0.05) is 16.1 Å². The van der Waals surface area contributed by atoms with Gasteiger partial charge in [-0.2, -0.15) is 0 Å². The second kappa shape index (κ2) is 9.02. The van der Waals surface area contributed by atoms with E-state index in [-0.39, 0.29) is 11.7 Å². The zero-order valence-electron chi connectivity index (χ0n) is 17.2. The lowest BCUT2D eigenvalue weighted by molar-refractivity contribution is -0.113. The van der Waals surface area contributed by atoms with E-state index < -0.39 is 0 Å². The summed E-state index contributed by atoms with van der Waals surface area (Å²) in [5.74, 6) is 0.876. The van der Waals surface area contributed by atoms with Crippen molar-refractivity contribution in [1.82, 2.24) is 19.6 Å². The number of amides is 1. The predicted molar refractivity (Wildman–Crippen MR) is 131 cm³/mol. The van der Waals surface area contributed by atoms with Gasteiger partial charge in [-0.1, -0.05) is 60.3 Å². The molecule has 8 heteroatoms. The molecule has 0 atom stereocenters. The van der Waals surface area contributed by atoms with Crippen LogP contribution in [-0.2, 0) is 4.79 Å². The van der Waals surface area contributed by atoms with Crippen LogP contribution in [0, 0.1) is 0 Å². The zero-order chi connectivity index (χ0) is 21.9. The van der Waals surface area contributed by atoms with E-state index in [0.717, 1.165) is 33.0 Å². The van der Waals surface area contributed by atoms with Crippen molar-refractivity contribution < 1.29 is 4.79 Å². The van der Waals surface area contributed by atoms with Crippen LogP contribution >= 0.6 is 23.5 Å². The third-order valence-electron chi connectivity index (χ3n) is 4.92. The number of benzene rings is 3. The quantitative estimate of drug-likeness (QED) is 0.344. The lowest BCUT2D eigenvalue weighted by atomic mass is 10.2. The van der Waals surface area contributed by atoms with Crippen LogP contribution in [0.4, 0.5) is 5.69 Å². The van der Waals surface area contributed by atoms with E-state index in [1.807, 2.05) is 89.5 Å². The molecule has 0 saturated heterocycles. The van der Waals surface area contributed by atoms with Crippen LogP contribution in [0.2, 0.25) is 0 Å². The number of fused-ring (bicyclic) bond motifs is 3. The molecule has 0 saturated carbocycles. The van der Waals surface area contributed by atoms with Gasteiger partial charge in [-0.15, -0.1) is 22.0 Å². The highest BCUT2D eigenvalue weighted by molar-refractivity contribution is 8.00. The van der Waals surface area contributed by atoms with Crippen LogP contribution in [0.1, 0.15) is 0 Å². The lowest BCUT2D eigenvalue weighted by Crippen LogP contribution is -2.14. The Morgan fingerprint density at radius 2 is 1.78 bits per heavy atom. The molecule has 2 aromatic heterocycles. The number of carbonyl (C=O) groups excluding carboxylic acids is 1. The molecule has 0 fully saturated rings. The first-order chi connectivity index (χ1) is 15.7. The molecule has 32 heavy (non-hydrogen) atoms. The molecular weight excluding hydrogens is 438 g/mol. The van der Waals surface area contributed by atoms with Gasteiger partial charge in [0.05, 0.1) is 16.8 Å². The Balaban J connectivity index is 1.47. The number of para-hydroxylation sites is 2. The lowest BCUT2D eigenvalue weighted by Gasteiger charge is -2.09. The first kappa shape index (κ1) is 20.5. The summed E-state index contributed by atoms with van der Waals surface area (Å²) in [5.41, 5.74) is 4.15. The van der Waals surface area contributed by atoms with E-state index in [1.54, 1.807) is 11.8 Å². The summed E-state index contributed by atoms with van der Waals surface area (Å²) in [7, 11) is 0. The van der Waals surface area contributed by atoms with Crippen molar-refractivity contribution in [2.45, 2.75) is 9.92 Å². The van der Waals surface area contributed by atoms with E-state index in [4.69, 9.17) is 4.98 Å². The number of rotatable bonds is 6. The van der Waals surface area contributed by atoms with Gasteiger partial charge in [-0.05, 0) is 36.6 Å². The molecule has 1 N–H and O–H groups in total. The number of aromatic nitrogens is 4. The molecule has 2 heterocycles. The summed E-state index contributed by atoms with van der Waals surface area (Å²) < 4.78 is 2.01. The highest BCUT2D eigenvalue weighted by atomic mass is 32.2. The minimum Gasteiger partial charge on any atom is -0.325 e. The SMILES string of the molecule is CSc1cccc(NC(=O)CSc2nc3ccccc3n3c(-c4ccccc4)nnc23)c1. The van der Waals surface area contributed by atoms with E-state index in [9.17, 15) is 4.79 Å². The topological polar surface area (TPSA) is 72.2 Å². The van der Waals surface area contributed by atoms with Crippen LogP contribution in [0.25, 0.3) is 28.1 Å². The number of nitrogens with zero attached hydrogens (tertiary/aromatic N) is 4. The Bertz CT molecular complexity index is 1420. The van der Waals surface area contributed by atoms with Gasteiger partial charge in [-0.25, -0.2) is 4.98 Å². The van der Waals surface area contributed by atoms with Gasteiger partial charge in [-0.3, -0.25) is 9.20 Å². The molecule has 5 rings (SSSR count). The number of nitrogens with one attached hydrogen (secondary N) is 1. The molecule has 0 unspecified atom stereocenters. The maximum absolute atomic E-state index is 12.6. The van der Waals surface area contributed by atoms with E-state index in [1.165, 1.54) is 11.8 Å². The van der Waals surface area contributed by atoms with Crippen LogP contribution < -0.4 is 5.32 Å². The molecule has 0 aliphatic heterocycles. The third kappa shape index (κ3) is 4.06. The fourth-order valence-corrected chi connectivity index (χ4v) is 4.68. The number of thioether (sulfide) groups is 2. The maximum Gasteiger partial charge on any atom is 0.234 e. The number of hydrogen-bond acceptors (Lipinski definition) is 6. The molecule has 158 valence electrons. The van der Waals surface area contributed by atoms with Crippen molar-refractivity contribution in [3.8, 4) is 11.4 Å². The highest BCUT2D eigenvalue weighted by Crippen LogP contribution is 2.29. The summed E-state index contributed by atoms with van der Waals surface area (Å²) >= 11 is 3.00. The molecular formula is C24H19N5OS2. The van der Waals surface area contributed by atoms with Crippen molar-refractivity contribution in [3.63, 3.8) is 0 Å². The Kier molecular flexibility index (Phi) is 5.79. The molecule has 0 spiro atoms. The van der Waals surface area contributed by atoms with Gasteiger partial charge in [0.2, 0.25) is 5.91 Å². The number of carbonyl (C=O) groups is 1. The first-order valence-corrected chi connectivity index (χ1v) is 12.2. The first-order valence-electron chi connectivity index (χ1n) is 9.99. The normalized spacial score (nSPS) is 11.2. The average molecular weight is 458 g/mol. The van der Waals surface area contributed by atoms with Crippen LogP contribution in [-0.4, -0.2) is 37.5 Å². The predicted octanol–water partition coefficient (Wildman–Crippen LogP) is 5.40. The monoisotopic (exact) mass is 457 g/mol. The van der Waals surface area contributed by atoms with Gasteiger partial charge in [0.25, 0.3) is 0 Å². The molecule has 0 bridgehead atoms. The van der Waals surface area contributed by atoms with E-state index in [0.29, 0.717) is 10.7 Å². The highest BCUT2D eigenvalue weighted by Gasteiger charge is 2.17. The van der Waals surface area contributed by atoms with E-state index in [2.05, 4.69) is 15.5 Å². The van der Waals surface area contributed by atoms with Gasteiger partial charge in [0.15, 0.2) is 11.5 Å². The Labute approximate surface area is 193 Å². The van der Waals surface area contributed by atoms with Crippen molar-refractivity contribution in [3.05, 3.63) is 78.9 Å². The van der Waals surface area contributed by atoms with Crippen molar-refractivity contribution in [2.75, 3.05) is 17.3 Å². The minimum atomic E-state index is -0.0934. The fourth-order valence-electron chi connectivity index (χ4n) is 3.46. The van der Waals surface area contributed by atoms with Crippen LogP contribution in [0.15, 0.2) is 88.8 Å². The fraction of sp³-hybridized carbons (Fsp3) is 0.0833. The van der Waals surface area contributed by atoms with Gasteiger partial charge in [0.1, 0.15) is 5.03 Å². The second-order valence-corrected chi connectivity index (χ2v) is 8.87. The summed E-state index contributed by atoms with van der Waals surface area (Å²) in [5, 5.41) is 12.5. The molecule has 6 nitrogen and oxygen atoms in total. The minimum absolute atomic E-state index is 0.0934. The van der Waals surface area contributed by atoms with Crippen LogP contribution in [0.3, 0.4) is 0 Å². The van der Waals surface area contributed by atoms with Crippen molar-refractivity contribution >= 4 is 51.8 Å². The molecule has 1 amide bonds. The summed E-state index contributed by atoms with van der Waals surface area (Å²) in [4.78, 5) is 18.5. The summed E-state index contributed by atoms with van der Waals surface area (Å²) in [6, 6.07) is 25.6. The number of hydrogen-bond donors (Lipinski definition) is 1. The average Bonchev–Trinajstić information content (AvgIpc) is 3.29. The number of anilines is 1. The second-order valence-electron chi connectivity index (χ2n) is 7.02. The van der Waals surface area contributed by atoms with Gasteiger partial charge >= 0.3 is 0 Å². The molecule has 5 aromatic rings. The Morgan fingerprint density at radius 3 is 2.62 bits per heavy atom. The zero-order valence-corrected chi connectivity index (χ0v) is 18.9. The summed E-state index contributed by atoms with van der Waals surface area (Å²) in [6.45, 7) is 0. The van der Waals surface area contributed by atoms with Gasteiger partial charge < -0.3 is 5.32 Å². The molecule has 0 aliphatic rings. The third-order valence-corrected chi connectivity index (χ3v) is 6.60. The Hall–Kier alpha value is -3.36. The molecule has 0 aliphatic carbocycles. The van der Waals surface area contributed by atoms with Crippen molar-refractivity contribution in [1.29, 1.82) is 0 Å². The summed E-state index contributed by atoms with van der Waals surface area (Å²) in [6.07, 6.45) is 2.01. The standard InChI is InChI=1S/C24H19N5OS2/c1-31-18-11-7-10-17(14-18)25-21(30)15-32-24-23-28-27-22(16-8-3-2-4-9-16)29(23)20-13-6-5-12-19(20)26-24/h2-14H,15H2,1H3,(H,25,30). The molecule has 3 aromatic carbocycles. The Morgan fingerprint density at radius 1 is 0.969 bits per heavy atom. The maximum atomic E-state index is 12.6.